The molecule has 1 atom stereocenters. The van der Waals surface area contributed by atoms with E-state index in [-0.39, 0.29) is 11.3 Å². The lowest BCUT2D eigenvalue weighted by molar-refractivity contribution is -0.130. The van der Waals surface area contributed by atoms with Crippen LogP contribution in [0.5, 0.6) is 0 Å². The number of carbonyl (C=O) groups excluding carboxylic acids is 1. The van der Waals surface area contributed by atoms with Crippen molar-refractivity contribution in [2.24, 2.45) is 17.1 Å². The maximum atomic E-state index is 12.2. The molecule has 0 saturated heterocycles. The van der Waals surface area contributed by atoms with Crippen LogP contribution in [0, 0.1) is 11.3 Å². The predicted molar refractivity (Wildman–Crippen MR) is 69.4 cm³/mol. The summed E-state index contributed by atoms with van der Waals surface area (Å²) in [5.74, 6) is 0.826. The van der Waals surface area contributed by atoms with E-state index in [2.05, 4.69) is 17.5 Å². The third-order valence-corrected chi connectivity index (χ3v) is 4.36. The van der Waals surface area contributed by atoms with Gasteiger partial charge in [0.25, 0.3) is 0 Å². The summed E-state index contributed by atoms with van der Waals surface area (Å²) in [4.78, 5) is 12.2. The van der Waals surface area contributed by atoms with Gasteiger partial charge in [-0.3, -0.25) is 4.79 Å². The van der Waals surface area contributed by atoms with Crippen molar-refractivity contribution in [3.63, 3.8) is 0 Å². The average molecular weight is 236 g/mol. The molecule has 0 aliphatic heterocycles. The van der Waals surface area contributed by atoms with Gasteiger partial charge in [-0.05, 0) is 38.0 Å². The van der Waals surface area contributed by atoms with Gasteiger partial charge in [-0.15, -0.1) is 0 Å². The van der Waals surface area contributed by atoms with Crippen LogP contribution in [0.25, 0.3) is 0 Å². The first-order chi connectivity index (χ1) is 8.27. The molecule has 0 radical (unpaired) electrons. The SMILES string of the molecule is NCC1(C(=O)NCC2CC=CCC2)CCCC1. The Kier molecular flexibility index (Phi) is 4.21. The molecule has 0 spiro atoms. The Morgan fingerprint density at radius 2 is 2.12 bits per heavy atom. The maximum Gasteiger partial charge on any atom is 0.227 e. The number of hydrogen-bond acceptors (Lipinski definition) is 2. The van der Waals surface area contributed by atoms with E-state index in [1.54, 1.807) is 0 Å². The molecule has 0 aromatic rings. The maximum absolute atomic E-state index is 12.2. The molecule has 1 unspecified atom stereocenters. The highest BCUT2D eigenvalue weighted by molar-refractivity contribution is 5.83. The number of carbonyl (C=O) groups is 1. The topological polar surface area (TPSA) is 55.1 Å². The molecule has 2 aliphatic carbocycles. The van der Waals surface area contributed by atoms with Crippen LogP contribution in [0.15, 0.2) is 12.2 Å². The van der Waals surface area contributed by atoms with Gasteiger partial charge in [0.05, 0.1) is 5.41 Å². The summed E-state index contributed by atoms with van der Waals surface area (Å²) in [6.07, 6.45) is 12.2. The average Bonchev–Trinajstić information content (AvgIpc) is 2.87. The molecule has 0 aromatic heterocycles. The summed E-state index contributed by atoms with van der Waals surface area (Å²) in [5.41, 5.74) is 5.56. The van der Waals surface area contributed by atoms with Crippen molar-refractivity contribution in [1.82, 2.24) is 5.32 Å². The second-order valence-corrected chi connectivity index (χ2v) is 5.55. The zero-order chi connectivity index (χ0) is 12.1. The lowest BCUT2D eigenvalue weighted by Crippen LogP contribution is -2.45. The van der Waals surface area contributed by atoms with E-state index < -0.39 is 0 Å². The minimum absolute atomic E-state index is 0.201. The van der Waals surface area contributed by atoms with Gasteiger partial charge in [-0.25, -0.2) is 0 Å². The first-order valence-corrected chi connectivity index (χ1v) is 6.90. The fourth-order valence-corrected chi connectivity index (χ4v) is 3.04. The van der Waals surface area contributed by atoms with Crippen LogP contribution in [0.4, 0.5) is 0 Å². The Morgan fingerprint density at radius 3 is 2.71 bits per heavy atom. The normalized spacial score (nSPS) is 27.0. The third kappa shape index (κ3) is 2.89. The van der Waals surface area contributed by atoms with Crippen LogP contribution in [0.2, 0.25) is 0 Å². The minimum Gasteiger partial charge on any atom is -0.355 e. The van der Waals surface area contributed by atoms with Gasteiger partial charge in [-0.2, -0.15) is 0 Å². The quantitative estimate of drug-likeness (QED) is 0.733. The van der Waals surface area contributed by atoms with Crippen molar-refractivity contribution in [1.29, 1.82) is 0 Å². The molecule has 3 N–H and O–H groups in total. The first kappa shape index (κ1) is 12.6. The molecule has 0 heterocycles. The van der Waals surface area contributed by atoms with E-state index in [4.69, 9.17) is 5.73 Å². The van der Waals surface area contributed by atoms with E-state index in [0.29, 0.717) is 12.5 Å². The van der Waals surface area contributed by atoms with Gasteiger partial charge in [0, 0.05) is 13.1 Å². The Bertz CT molecular complexity index is 293. The second kappa shape index (κ2) is 5.67. The number of nitrogens with one attached hydrogen (secondary N) is 1. The van der Waals surface area contributed by atoms with E-state index in [0.717, 1.165) is 45.1 Å². The number of nitrogens with two attached hydrogens (primary N) is 1. The van der Waals surface area contributed by atoms with E-state index >= 15 is 0 Å². The van der Waals surface area contributed by atoms with Crippen LogP contribution in [-0.2, 0) is 4.79 Å². The Hall–Kier alpha value is -0.830. The number of rotatable bonds is 4. The van der Waals surface area contributed by atoms with Crippen molar-refractivity contribution in [3.05, 3.63) is 12.2 Å². The number of amides is 1. The van der Waals surface area contributed by atoms with Crippen molar-refractivity contribution < 1.29 is 4.79 Å². The number of allylic oxidation sites excluding steroid dienone is 2. The lowest BCUT2D eigenvalue weighted by Gasteiger charge is -2.27. The highest BCUT2D eigenvalue weighted by Crippen LogP contribution is 2.37. The molecule has 0 aromatic carbocycles. The van der Waals surface area contributed by atoms with Gasteiger partial charge < -0.3 is 11.1 Å². The first-order valence-electron chi connectivity index (χ1n) is 6.90. The Balaban J connectivity index is 1.81. The van der Waals surface area contributed by atoms with Crippen molar-refractivity contribution >= 4 is 5.91 Å². The van der Waals surface area contributed by atoms with E-state index in [9.17, 15) is 4.79 Å². The fraction of sp³-hybridized carbons (Fsp3) is 0.786. The van der Waals surface area contributed by atoms with Crippen LogP contribution in [0.1, 0.15) is 44.9 Å². The molecular weight excluding hydrogens is 212 g/mol. The van der Waals surface area contributed by atoms with Gasteiger partial charge in [-0.1, -0.05) is 25.0 Å². The third-order valence-electron chi connectivity index (χ3n) is 4.36. The summed E-state index contributed by atoms with van der Waals surface area (Å²) in [7, 11) is 0. The molecule has 3 heteroatoms. The minimum atomic E-state index is -0.246. The molecule has 1 amide bonds. The Labute approximate surface area is 104 Å². The molecule has 3 nitrogen and oxygen atoms in total. The van der Waals surface area contributed by atoms with Crippen LogP contribution in [0.3, 0.4) is 0 Å². The van der Waals surface area contributed by atoms with Gasteiger partial charge in [0.2, 0.25) is 5.91 Å². The molecule has 96 valence electrons. The van der Waals surface area contributed by atoms with Crippen LogP contribution in [-0.4, -0.2) is 19.0 Å². The highest BCUT2D eigenvalue weighted by atomic mass is 16.2. The fourth-order valence-electron chi connectivity index (χ4n) is 3.04. The zero-order valence-electron chi connectivity index (χ0n) is 10.6. The molecular formula is C14H24N2O. The molecule has 2 rings (SSSR count). The predicted octanol–water partition coefficient (Wildman–Crippen LogP) is 1.98. The highest BCUT2D eigenvalue weighted by Gasteiger charge is 2.39. The molecule has 1 saturated carbocycles. The lowest BCUT2D eigenvalue weighted by atomic mass is 9.85. The van der Waals surface area contributed by atoms with E-state index in [1.165, 1.54) is 6.42 Å². The Morgan fingerprint density at radius 1 is 1.35 bits per heavy atom. The largest absolute Gasteiger partial charge is 0.355 e. The molecule has 1 fully saturated rings. The summed E-state index contributed by atoms with van der Waals surface area (Å²) < 4.78 is 0. The van der Waals surface area contributed by atoms with Crippen LogP contribution < -0.4 is 11.1 Å². The van der Waals surface area contributed by atoms with Crippen LogP contribution >= 0.6 is 0 Å². The standard InChI is InChI=1S/C14H24N2O/c15-11-14(8-4-5-9-14)13(17)16-10-12-6-2-1-3-7-12/h1-2,12H,3-11,15H2,(H,16,17). The molecule has 2 aliphatic rings. The summed E-state index contributed by atoms with van der Waals surface area (Å²) in [6.45, 7) is 1.33. The smallest absolute Gasteiger partial charge is 0.227 e. The number of hydrogen-bond donors (Lipinski definition) is 2. The van der Waals surface area contributed by atoms with Gasteiger partial charge in [0.15, 0.2) is 0 Å². The van der Waals surface area contributed by atoms with Gasteiger partial charge in [0.1, 0.15) is 0 Å². The molecule has 0 bridgehead atoms. The van der Waals surface area contributed by atoms with Crippen molar-refractivity contribution in [3.8, 4) is 0 Å². The second-order valence-electron chi connectivity index (χ2n) is 5.55. The summed E-state index contributed by atoms with van der Waals surface area (Å²) >= 11 is 0. The summed E-state index contributed by atoms with van der Waals surface area (Å²) in [5, 5.41) is 3.13. The molecule has 17 heavy (non-hydrogen) atoms. The zero-order valence-corrected chi connectivity index (χ0v) is 10.6. The van der Waals surface area contributed by atoms with Gasteiger partial charge >= 0.3 is 0 Å². The van der Waals surface area contributed by atoms with Crippen molar-refractivity contribution in [2.75, 3.05) is 13.1 Å². The van der Waals surface area contributed by atoms with Crippen molar-refractivity contribution in [2.45, 2.75) is 44.9 Å². The van der Waals surface area contributed by atoms with E-state index in [1.807, 2.05) is 0 Å². The summed E-state index contributed by atoms with van der Waals surface area (Å²) in [6, 6.07) is 0. The monoisotopic (exact) mass is 236 g/mol.